The molecule has 0 saturated heterocycles. The first-order valence-electron chi connectivity index (χ1n) is 6.22. The van der Waals surface area contributed by atoms with Gasteiger partial charge in [0, 0.05) is 5.38 Å². The molecule has 0 bridgehead atoms. The van der Waals surface area contributed by atoms with Crippen molar-refractivity contribution in [3.8, 4) is 0 Å². The number of aliphatic hydroxyl groups is 1. The highest BCUT2D eigenvalue weighted by Crippen LogP contribution is 2.32. The molecule has 0 radical (unpaired) electrons. The zero-order chi connectivity index (χ0) is 13.2. The predicted molar refractivity (Wildman–Crippen MR) is 82.0 cm³/mol. The van der Waals surface area contributed by atoms with Crippen LogP contribution in [0.1, 0.15) is 43.0 Å². The molecule has 1 aromatic rings. The molecule has 1 saturated carbocycles. The molecule has 0 spiro atoms. The van der Waals surface area contributed by atoms with Gasteiger partial charge in [-0.15, -0.1) is 11.3 Å². The summed E-state index contributed by atoms with van der Waals surface area (Å²) in [6.45, 7) is 2.22. The fourth-order valence-electron chi connectivity index (χ4n) is 2.70. The minimum atomic E-state index is -0.415. The van der Waals surface area contributed by atoms with E-state index in [1.807, 2.05) is 11.4 Å². The SMILES string of the molecule is CC1CCCC(CO)(NC(=O)c2csc(I)c2)C1. The molecule has 2 rings (SSSR count). The summed E-state index contributed by atoms with van der Waals surface area (Å²) in [5.41, 5.74) is 0.290. The molecule has 2 atom stereocenters. The zero-order valence-corrected chi connectivity index (χ0v) is 13.4. The topological polar surface area (TPSA) is 49.3 Å². The van der Waals surface area contributed by atoms with Gasteiger partial charge in [-0.2, -0.15) is 0 Å². The zero-order valence-electron chi connectivity index (χ0n) is 10.4. The molecule has 2 N–H and O–H groups in total. The van der Waals surface area contributed by atoms with Crippen LogP contribution in [0.5, 0.6) is 0 Å². The summed E-state index contributed by atoms with van der Waals surface area (Å²) in [4.78, 5) is 12.2. The van der Waals surface area contributed by atoms with Gasteiger partial charge in [0.1, 0.15) is 0 Å². The van der Waals surface area contributed by atoms with E-state index < -0.39 is 5.54 Å². The summed E-state index contributed by atoms with van der Waals surface area (Å²) in [7, 11) is 0. The third-order valence-corrected chi connectivity index (χ3v) is 5.39. The number of aliphatic hydroxyl groups excluding tert-OH is 1. The van der Waals surface area contributed by atoms with Crippen LogP contribution in [0.25, 0.3) is 0 Å². The number of hydrogen-bond acceptors (Lipinski definition) is 3. The average Bonchev–Trinajstić information content (AvgIpc) is 2.76. The van der Waals surface area contributed by atoms with Crippen molar-refractivity contribution in [1.82, 2.24) is 5.32 Å². The second-order valence-electron chi connectivity index (χ2n) is 5.23. The number of nitrogens with one attached hydrogen (secondary N) is 1. The van der Waals surface area contributed by atoms with Crippen molar-refractivity contribution >= 4 is 39.8 Å². The van der Waals surface area contributed by atoms with E-state index in [2.05, 4.69) is 34.8 Å². The molecule has 1 aliphatic carbocycles. The van der Waals surface area contributed by atoms with Gasteiger partial charge in [0.15, 0.2) is 0 Å². The molecule has 0 aliphatic heterocycles. The average molecular weight is 379 g/mol. The summed E-state index contributed by atoms with van der Waals surface area (Å²) < 4.78 is 1.10. The summed E-state index contributed by atoms with van der Waals surface area (Å²) in [5, 5.41) is 14.6. The van der Waals surface area contributed by atoms with Crippen molar-refractivity contribution in [2.45, 2.75) is 38.1 Å². The highest BCUT2D eigenvalue weighted by atomic mass is 127. The molecular weight excluding hydrogens is 361 g/mol. The minimum absolute atomic E-state index is 0.0321. The van der Waals surface area contributed by atoms with E-state index in [9.17, 15) is 9.90 Å². The van der Waals surface area contributed by atoms with Crippen molar-refractivity contribution in [3.63, 3.8) is 0 Å². The van der Waals surface area contributed by atoms with Crippen LogP contribution >= 0.6 is 33.9 Å². The second kappa shape index (κ2) is 5.88. The molecule has 1 aromatic heterocycles. The molecule has 1 heterocycles. The van der Waals surface area contributed by atoms with Gasteiger partial charge in [0.05, 0.1) is 20.6 Å². The molecule has 100 valence electrons. The largest absolute Gasteiger partial charge is 0.394 e. The Labute approximate surface area is 125 Å². The Hall–Kier alpha value is -0.140. The van der Waals surface area contributed by atoms with Crippen LogP contribution in [0.15, 0.2) is 11.4 Å². The maximum atomic E-state index is 12.2. The van der Waals surface area contributed by atoms with Crippen LogP contribution in [-0.4, -0.2) is 23.2 Å². The number of halogens is 1. The lowest BCUT2D eigenvalue weighted by Crippen LogP contribution is -2.53. The standard InChI is InChI=1S/C13H18INO2S/c1-9-3-2-4-13(6-9,8-16)15-12(17)10-5-11(14)18-7-10/h5,7,9,16H,2-4,6,8H2,1H3,(H,15,17). The Bertz CT molecular complexity index is 434. The second-order valence-corrected chi connectivity index (χ2v) is 8.04. The first-order chi connectivity index (χ1) is 8.54. The quantitative estimate of drug-likeness (QED) is 0.794. The van der Waals surface area contributed by atoms with Gasteiger partial charge in [0.25, 0.3) is 5.91 Å². The lowest BCUT2D eigenvalue weighted by Gasteiger charge is -2.39. The summed E-state index contributed by atoms with van der Waals surface area (Å²) >= 11 is 3.78. The predicted octanol–water partition coefficient (Wildman–Crippen LogP) is 3.02. The Morgan fingerprint density at radius 2 is 2.50 bits per heavy atom. The van der Waals surface area contributed by atoms with Crippen LogP contribution in [0.4, 0.5) is 0 Å². The highest BCUT2D eigenvalue weighted by molar-refractivity contribution is 14.1. The molecule has 3 nitrogen and oxygen atoms in total. The van der Waals surface area contributed by atoms with Gasteiger partial charge in [-0.05, 0) is 47.4 Å². The summed E-state index contributed by atoms with van der Waals surface area (Å²) in [5.74, 6) is 0.506. The van der Waals surface area contributed by atoms with Gasteiger partial charge in [-0.3, -0.25) is 4.79 Å². The Morgan fingerprint density at radius 3 is 3.06 bits per heavy atom. The number of carbonyl (C=O) groups excluding carboxylic acids is 1. The van der Waals surface area contributed by atoms with Crippen molar-refractivity contribution in [1.29, 1.82) is 0 Å². The van der Waals surface area contributed by atoms with Gasteiger partial charge in [-0.25, -0.2) is 0 Å². The molecule has 1 amide bonds. The first-order valence-corrected chi connectivity index (χ1v) is 8.18. The van der Waals surface area contributed by atoms with E-state index in [1.54, 1.807) is 11.3 Å². The Balaban J connectivity index is 2.08. The van der Waals surface area contributed by atoms with Gasteiger partial charge >= 0.3 is 0 Å². The van der Waals surface area contributed by atoms with Crippen LogP contribution in [0.3, 0.4) is 0 Å². The number of rotatable bonds is 3. The third-order valence-electron chi connectivity index (χ3n) is 3.60. The van der Waals surface area contributed by atoms with Gasteiger partial charge in [-0.1, -0.05) is 19.8 Å². The maximum absolute atomic E-state index is 12.2. The number of hydrogen-bond donors (Lipinski definition) is 2. The molecular formula is C13H18INO2S. The molecule has 5 heteroatoms. The third kappa shape index (κ3) is 3.24. The molecule has 1 fully saturated rings. The van der Waals surface area contributed by atoms with E-state index in [0.717, 1.165) is 22.1 Å². The van der Waals surface area contributed by atoms with Crippen LogP contribution in [0.2, 0.25) is 0 Å². The molecule has 0 aromatic carbocycles. The lowest BCUT2D eigenvalue weighted by molar-refractivity contribution is 0.0697. The van der Waals surface area contributed by atoms with E-state index in [0.29, 0.717) is 11.5 Å². The van der Waals surface area contributed by atoms with Crippen molar-refractivity contribution < 1.29 is 9.90 Å². The number of thiophene rings is 1. The van der Waals surface area contributed by atoms with Crippen molar-refractivity contribution in [2.75, 3.05) is 6.61 Å². The number of amides is 1. The minimum Gasteiger partial charge on any atom is -0.394 e. The van der Waals surface area contributed by atoms with Crippen LogP contribution in [-0.2, 0) is 0 Å². The van der Waals surface area contributed by atoms with Crippen LogP contribution in [0, 0.1) is 8.80 Å². The van der Waals surface area contributed by atoms with Gasteiger partial charge in [0.2, 0.25) is 0 Å². The van der Waals surface area contributed by atoms with E-state index in [4.69, 9.17) is 0 Å². The van der Waals surface area contributed by atoms with E-state index in [-0.39, 0.29) is 12.5 Å². The molecule has 1 aliphatic rings. The van der Waals surface area contributed by atoms with E-state index >= 15 is 0 Å². The fraction of sp³-hybridized carbons (Fsp3) is 0.615. The fourth-order valence-corrected chi connectivity index (χ4v) is 4.03. The summed E-state index contributed by atoms with van der Waals surface area (Å²) in [6, 6.07) is 1.89. The smallest absolute Gasteiger partial charge is 0.252 e. The van der Waals surface area contributed by atoms with Crippen molar-refractivity contribution in [3.05, 3.63) is 19.9 Å². The molecule has 18 heavy (non-hydrogen) atoms. The van der Waals surface area contributed by atoms with Gasteiger partial charge < -0.3 is 10.4 Å². The molecule has 2 unspecified atom stereocenters. The normalized spacial score (nSPS) is 28.1. The summed E-state index contributed by atoms with van der Waals surface area (Å²) in [6.07, 6.45) is 4.01. The Morgan fingerprint density at radius 1 is 1.72 bits per heavy atom. The van der Waals surface area contributed by atoms with Crippen molar-refractivity contribution in [2.24, 2.45) is 5.92 Å². The maximum Gasteiger partial charge on any atom is 0.252 e. The van der Waals surface area contributed by atoms with E-state index in [1.165, 1.54) is 6.42 Å². The van der Waals surface area contributed by atoms with Crippen LogP contribution < -0.4 is 5.32 Å². The first kappa shape index (κ1) is 14.3. The monoisotopic (exact) mass is 379 g/mol. The Kier molecular flexibility index (Phi) is 4.66. The number of carbonyl (C=O) groups is 1. The highest BCUT2D eigenvalue weighted by Gasteiger charge is 2.36. The lowest BCUT2D eigenvalue weighted by atomic mass is 9.76.